The van der Waals surface area contributed by atoms with Crippen molar-refractivity contribution in [2.45, 2.75) is 13.5 Å². The van der Waals surface area contributed by atoms with Crippen molar-refractivity contribution in [1.82, 2.24) is 0 Å². The second-order valence-corrected chi connectivity index (χ2v) is 5.28. The minimum absolute atomic E-state index is 0.583. The molecule has 2 nitrogen and oxygen atoms in total. The van der Waals surface area contributed by atoms with Crippen LogP contribution in [0.5, 0.6) is 0 Å². The van der Waals surface area contributed by atoms with Gasteiger partial charge in [-0.3, -0.25) is 0 Å². The molecule has 0 saturated carbocycles. The maximum absolute atomic E-state index is 5.61. The van der Waals surface area contributed by atoms with Gasteiger partial charge in [0.2, 0.25) is 0 Å². The zero-order chi connectivity index (χ0) is 13.1. The van der Waals surface area contributed by atoms with Crippen LogP contribution < -0.4 is 10.6 Å². The number of hydrogen-bond acceptors (Lipinski definition) is 2. The van der Waals surface area contributed by atoms with E-state index in [-0.39, 0.29) is 0 Å². The van der Waals surface area contributed by atoms with Crippen LogP contribution >= 0.6 is 15.9 Å². The van der Waals surface area contributed by atoms with E-state index in [1.807, 2.05) is 0 Å². The fraction of sp³-hybridized carbons (Fsp3) is 0.200. The molecule has 2 rings (SSSR count). The van der Waals surface area contributed by atoms with Crippen LogP contribution in [0.2, 0.25) is 0 Å². The minimum atomic E-state index is 0.583. The van der Waals surface area contributed by atoms with Crippen LogP contribution in [0.3, 0.4) is 0 Å². The molecular weight excluding hydrogens is 288 g/mol. The van der Waals surface area contributed by atoms with Crippen LogP contribution in [-0.2, 0) is 6.54 Å². The Balaban J connectivity index is 2.34. The second-order valence-electron chi connectivity index (χ2n) is 4.36. The monoisotopic (exact) mass is 304 g/mol. The molecule has 18 heavy (non-hydrogen) atoms. The molecule has 0 aliphatic heterocycles. The van der Waals surface area contributed by atoms with Gasteiger partial charge in [-0.25, -0.2) is 0 Å². The van der Waals surface area contributed by atoms with Crippen LogP contribution in [0.1, 0.15) is 11.1 Å². The highest BCUT2D eigenvalue weighted by Crippen LogP contribution is 2.29. The van der Waals surface area contributed by atoms with Crippen molar-refractivity contribution >= 4 is 27.3 Å². The Morgan fingerprint density at radius 1 is 1.11 bits per heavy atom. The van der Waals surface area contributed by atoms with Crippen LogP contribution in [0, 0.1) is 6.92 Å². The van der Waals surface area contributed by atoms with Crippen molar-refractivity contribution in [3.63, 3.8) is 0 Å². The number of halogens is 1. The summed E-state index contributed by atoms with van der Waals surface area (Å²) < 4.78 is 1.09. The van der Waals surface area contributed by atoms with E-state index in [0.717, 1.165) is 15.7 Å². The Kier molecular flexibility index (Phi) is 4.04. The summed E-state index contributed by atoms with van der Waals surface area (Å²) in [6.07, 6.45) is 0. The van der Waals surface area contributed by atoms with Crippen LogP contribution in [0.15, 0.2) is 46.9 Å². The molecule has 0 saturated heterocycles. The molecule has 0 aliphatic carbocycles. The van der Waals surface area contributed by atoms with Gasteiger partial charge in [0.05, 0.1) is 0 Å². The normalized spacial score (nSPS) is 10.4. The highest BCUT2D eigenvalue weighted by atomic mass is 79.9. The van der Waals surface area contributed by atoms with E-state index < -0.39 is 0 Å². The number of aryl methyl sites for hydroxylation is 1. The minimum Gasteiger partial charge on any atom is -0.344 e. The third-order valence-electron chi connectivity index (χ3n) is 3.09. The fourth-order valence-electron chi connectivity index (χ4n) is 1.94. The van der Waals surface area contributed by atoms with Gasteiger partial charge >= 0.3 is 0 Å². The molecule has 94 valence electrons. The van der Waals surface area contributed by atoms with Crippen molar-refractivity contribution in [1.29, 1.82) is 0 Å². The van der Waals surface area contributed by atoms with Gasteiger partial charge in [0.15, 0.2) is 0 Å². The van der Waals surface area contributed by atoms with Gasteiger partial charge in [-0.1, -0.05) is 34.1 Å². The third kappa shape index (κ3) is 2.74. The summed E-state index contributed by atoms with van der Waals surface area (Å²) in [4.78, 5) is 2.18. The lowest BCUT2D eigenvalue weighted by atomic mass is 10.1. The molecule has 0 fully saturated rings. The summed E-state index contributed by atoms with van der Waals surface area (Å²) in [6.45, 7) is 2.70. The molecule has 0 heterocycles. The van der Waals surface area contributed by atoms with E-state index in [4.69, 9.17) is 5.73 Å². The van der Waals surface area contributed by atoms with Crippen LogP contribution in [0.25, 0.3) is 0 Å². The summed E-state index contributed by atoms with van der Waals surface area (Å²) in [5.74, 6) is 0. The molecule has 2 N–H and O–H groups in total. The molecule has 2 aromatic rings. The fourth-order valence-corrected chi connectivity index (χ4v) is 2.29. The number of nitrogens with two attached hydrogens (primary N) is 1. The maximum atomic E-state index is 5.61. The van der Waals surface area contributed by atoms with E-state index in [0.29, 0.717) is 6.54 Å². The molecule has 0 spiro atoms. The van der Waals surface area contributed by atoms with Gasteiger partial charge in [-0.05, 0) is 42.3 Å². The lowest BCUT2D eigenvalue weighted by molar-refractivity contribution is 1.07. The molecule has 0 bridgehead atoms. The summed E-state index contributed by atoms with van der Waals surface area (Å²) in [6, 6.07) is 14.6. The predicted octanol–water partition coefficient (Wildman–Crippen LogP) is 3.98. The maximum Gasteiger partial charge on any atom is 0.0449 e. The molecule has 0 aromatic heterocycles. The van der Waals surface area contributed by atoms with Crippen molar-refractivity contribution < 1.29 is 0 Å². The first-order valence-electron chi connectivity index (χ1n) is 5.90. The zero-order valence-electron chi connectivity index (χ0n) is 10.7. The molecule has 3 heteroatoms. The molecule has 2 aromatic carbocycles. The lowest BCUT2D eigenvalue weighted by Gasteiger charge is -2.22. The third-order valence-corrected chi connectivity index (χ3v) is 3.59. The molecule has 0 unspecified atom stereocenters. The van der Waals surface area contributed by atoms with Crippen LogP contribution in [-0.4, -0.2) is 7.05 Å². The summed E-state index contributed by atoms with van der Waals surface area (Å²) in [5, 5.41) is 0. The average Bonchev–Trinajstić information content (AvgIpc) is 2.41. The first-order valence-corrected chi connectivity index (χ1v) is 6.70. The van der Waals surface area contributed by atoms with Crippen molar-refractivity contribution in [3.05, 3.63) is 58.1 Å². The van der Waals surface area contributed by atoms with E-state index in [2.05, 4.69) is 77.3 Å². The Morgan fingerprint density at radius 2 is 1.78 bits per heavy atom. The van der Waals surface area contributed by atoms with Crippen LogP contribution in [0.4, 0.5) is 11.4 Å². The number of nitrogens with zero attached hydrogens (tertiary/aromatic N) is 1. The number of rotatable bonds is 3. The van der Waals surface area contributed by atoms with Gasteiger partial charge in [-0.2, -0.15) is 0 Å². The first-order chi connectivity index (χ1) is 8.61. The topological polar surface area (TPSA) is 29.3 Å². The number of hydrogen-bond donors (Lipinski definition) is 1. The molecular formula is C15H17BrN2. The Bertz CT molecular complexity index is 535. The highest BCUT2D eigenvalue weighted by molar-refractivity contribution is 9.10. The smallest absolute Gasteiger partial charge is 0.0449 e. The quantitative estimate of drug-likeness (QED) is 0.929. The summed E-state index contributed by atoms with van der Waals surface area (Å²) >= 11 is 3.52. The van der Waals surface area contributed by atoms with Gasteiger partial charge in [0.25, 0.3) is 0 Å². The Morgan fingerprint density at radius 3 is 2.39 bits per heavy atom. The molecule has 0 amide bonds. The summed E-state index contributed by atoms with van der Waals surface area (Å²) in [7, 11) is 2.08. The largest absolute Gasteiger partial charge is 0.344 e. The van der Waals surface area contributed by atoms with Gasteiger partial charge < -0.3 is 10.6 Å². The molecule has 0 aliphatic rings. The van der Waals surface area contributed by atoms with Crippen molar-refractivity contribution in [2.75, 3.05) is 11.9 Å². The Hall–Kier alpha value is -1.32. The molecule has 0 atom stereocenters. The molecule has 0 radical (unpaired) electrons. The number of anilines is 2. The number of benzene rings is 2. The van der Waals surface area contributed by atoms with E-state index in [1.165, 1.54) is 11.3 Å². The second kappa shape index (κ2) is 5.55. The van der Waals surface area contributed by atoms with E-state index in [1.54, 1.807) is 0 Å². The summed E-state index contributed by atoms with van der Waals surface area (Å²) in [5.41, 5.74) is 10.4. The van der Waals surface area contributed by atoms with Gasteiger partial charge in [0.1, 0.15) is 0 Å². The van der Waals surface area contributed by atoms with Gasteiger partial charge in [-0.15, -0.1) is 0 Å². The SMILES string of the molecule is Cc1ccc(Br)cc1N(C)c1ccc(CN)cc1. The average molecular weight is 305 g/mol. The first kappa shape index (κ1) is 13.1. The van der Waals surface area contributed by atoms with E-state index >= 15 is 0 Å². The Labute approximate surface area is 117 Å². The lowest BCUT2D eigenvalue weighted by Crippen LogP contribution is -2.11. The zero-order valence-corrected chi connectivity index (χ0v) is 12.2. The standard InChI is InChI=1S/C15H17BrN2/c1-11-3-6-13(16)9-15(11)18(2)14-7-4-12(10-17)5-8-14/h3-9H,10,17H2,1-2H3. The van der Waals surface area contributed by atoms with Crippen molar-refractivity contribution in [2.24, 2.45) is 5.73 Å². The van der Waals surface area contributed by atoms with Crippen molar-refractivity contribution in [3.8, 4) is 0 Å². The van der Waals surface area contributed by atoms with E-state index in [9.17, 15) is 0 Å². The predicted molar refractivity (Wildman–Crippen MR) is 81.3 cm³/mol. The van der Waals surface area contributed by atoms with Gasteiger partial charge in [0, 0.05) is 29.4 Å². The highest BCUT2D eigenvalue weighted by Gasteiger charge is 2.07.